The molecule has 8 heteroatoms. The molecule has 0 bridgehead atoms. The number of aliphatic hydroxyl groups excluding tert-OH is 1. The maximum atomic E-state index is 10.2. The largest absolute Gasteiger partial charge is 0.392 e. The molecule has 5 N–H and O–H groups in total. The van der Waals surface area contributed by atoms with Crippen LogP contribution in [0.2, 0.25) is 0 Å². The van der Waals surface area contributed by atoms with Gasteiger partial charge in [0.05, 0.1) is 30.1 Å². The smallest absolute Gasteiger partial charge is 0.152 e. The van der Waals surface area contributed by atoms with E-state index in [4.69, 9.17) is 21.5 Å². The summed E-state index contributed by atoms with van der Waals surface area (Å²) in [5, 5.41) is 15.5. The van der Waals surface area contributed by atoms with Crippen molar-refractivity contribution in [3.8, 4) is 0 Å². The van der Waals surface area contributed by atoms with Gasteiger partial charge < -0.3 is 10.8 Å². The number of piperidine rings is 1. The van der Waals surface area contributed by atoms with Crippen molar-refractivity contribution in [1.29, 1.82) is 0 Å². The van der Waals surface area contributed by atoms with Crippen molar-refractivity contribution in [2.75, 3.05) is 7.05 Å². The first kappa shape index (κ1) is 24.8. The number of hydrazone groups is 1. The lowest BCUT2D eigenvalue weighted by Gasteiger charge is -2.43. The average Bonchev–Trinajstić information content (AvgIpc) is 2.85. The molecule has 0 unspecified atom stereocenters. The van der Waals surface area contributed by atoms with Crippen molar-refractivity contribution < 1.29 is 5.11 Å². The van der Waals surface area contributed by atoms with E-state index < -0.39 is 0 Å². The third kappa shape index (κ3) is 5.51. The van der Waals surface area contributed by atoms with Crippen LogP contribution in [0.3, 0.4) is 0 Å². The van der Waals surface area contributed by atoms with Crippen LogP contribution in [0.4, 0.5) is 0 Å². The highest BCUT2D eigenvalue weighted by atomic mass is 16.3. The monoisotopic (exact) mass is 473 g/mol. The molecule has 3 aromatic rings. The Bertz CT molecular complexity index is 1140. The van der Waals surface area contributed by atoms with Gasteiger partial charge in [0.1, 0.15) is 0 Å². The molecular weight excluding hydrogens is 438 g/mol. The molecule has 2 aromatic heterocycles. The predicted octanol–water partition coefficient (Wildman–Crippen LogP) is 3.48. The third-order valence-electron chi connectivity index (χ3n) is 6.78. The van der Waals surface area contributed by atoms with E-state index in [1.54, 1.807) is 7.05 Å². The fourth-order valence-corrected chi connectivity index (χ4v) is 5.07. The van der Waals surface area contributed by atoms with Gasteiger partial charge in [-0.2, -0.15) is 0 Å². The summed E-state index contributed by atoms with van der Waals surface area (Å²) >= 11 is 0. The number of nitrogens with two attached hydrogens (primary N) is 2. The molecule has 0 aliphatic carbocycles. The van der Waals surface area contributed by atoms with Crippen molar-refractivity contribution in [2.24, 2.45) is 16.7 Å². The molecule has 1 aliphatic heterocycles. The molecule has 2 atom stereocenters. The van der Waals surface area contributed by atoms with E-state index >= 15 is 0 Å². The molecule has 35 heavy (non-hydrogen) atoms. The topological polar surface area (TPSA) is 117 Å². The summed E-state index contributed by atoms with van der Waals surface area (Å²) in [5.74, 6) is 5.92. The molecule has 0 saturated carbocycles. The van der Waals surface area contributed by atoms with Gasteiger partial charge in [0.15, 0.2) is 5.84 Å². The second-order valence-corrected chi connectivity index (χ2v) is 9.25. The third-order valence-corrected chi connectivity index (χ3v) is 6.78. The first-order valence-corrected chi connectivity index (χ1v) is 12.0. The van der Waals surface area contributed by atoms with Crippen molar-refractivity contribution in [3.63, 3.8) is 0 Å². The fourth-order valence-electron chi connectivity index (χ4n) is 5.07. The normalized spacial score (nSPS) is 19.1. The van der Waals surface area contributed by atoms with Gasteiger partial charge in [-0.05, 0) is 73.6 Å². The van der Waals surface area contributed by atoms with Gasteiger partial charge >= 0.3 is 0 Å². The molecule has 4 rings (SSSR count). The van der Waals surface area contributed by atoms with Crippen LogP contribution in [0.15, 0.2) is 60.0 Å². The first-order chi connectivity index (χ1) is 16.9. The Morgan fingerprint density at radius 3 is 2.14 bits per heavy atom. The number of hydrogen-bond donors (Lipinski definition) is 3. The zero-order valence-corrected chi connectivity index (χ0v) is 20.7. The SMILES string of the molecule is Cc1cccnc1[C@H]1CCC[C@@H](c2ncccc2C)N1Cc1ccc(/C(N)=N/N(C)N)cc1CO. The number of rotatable bonds is 7. The minimum atomic E-state index is -0.0939. The summed E-state index contributed by atoms with van der Waals surface area (Å²) in [5.41, 5.74) is 13.3. The highest BCUT2D eigenvalue weighted by Gasteiger charge is 2.35. The van der Waals surface area contributed by atoms with E-state index in [0.29, 0.717) is 12.4 Å². The van der Waals surface area contributed by atoms with Crippen molar-refractivity contribution >= 4 is 5.84 Å². The number of aliphatic hydroxyl groups is 1. The molecule has 1 fully saturated rings. The summed E-state index contributed by atoms with van der Waals surface area (Å²) in [6.45, 7) is 4.82. The molecule has 1 aliphatic rings. The van der Waals surface area contributed by atoms with Gasteiger partial charge in [0.25, 0.3) is 0 Å². The maximum Gasteiger partial charge on any atom is 0.152 e. The summed E-state index contributed by atoms with van der Waals surface area (Å²) < 4.78 is 0. The molecule has 0 amide bonds. The van der Waals surface area contributed by atoms with E-state index in [9.17, 15) is 5.11 Å². The summed E-state index contributed by atoms with van der Waals surface area (Å²) in [6.07, 6.45) is 6.90. The minimum absolute atomic E-state index is 0.0939. The van der Waals surface area contributed by atoms with Gasteiger partial charge in [-0.15, -0.1) is 5.10 Å². The zero-order valence-electron chi connectivity index (χ0n) is 20.7. The molecule has 1 saturated heterocycles. The van der Waals surface area contributed by atoms with Crippen LogP contribution in [0.25, 0.3) is 0 Å². The molecule has 3 heterocycles. The minimum Gasteiger partial charge on any atom is -0.392 e. The zero-order chi connectivity index (χ0) is 24.9. The van der Waals surface area contributed by atoms with Crippen LogP contribution >= 0.6 is 0 Å². The number of hydrogen-bond acceptors (Lipinski definition) is 7. The summed E-state index contributed by atoms with van der Waals surface area (Å²) in [4.78, 5) is 12.1. The van der Waals surface area contributed by atoms with E-state index in [0.717, 1.165) is 47.3 Å². The number of likely N-dealkylation sites (tertiary alicyclic amines) is 1. The van der Waals surface area contributed by atoms with Crippen molar-refractivity contribution in [2.45, 2.75) is 58.3 Å². The van der Waals surface area contributed by atoms with Gasteiger partial charge in [-0.3, -0.25) is 14.9 Å². The number of amidine groups is 1. The molecule has 1 aromatic carbocycles. The highest BCUT2D eigenvalue weighted by molar-refractivity contribution is 5.97. The number of pyridine rings is 2. The van der Waals surface area contributed by atoms with Gasteiger partial charge in [0, 0.05) is 31.5 Å². The Labute approximate surface area is 207 Å². The fraction of sp³-hybridized carbons (Fsp3) is 0.370. The van der Waals surface area contributed by atoms with Crippen LogP contribution < -0.4 is 11.6 Å². The second-order valence-electron chi connectivity index (χ2n) is 9.25. The van der Waals surface area contributed by atoms with E-state index in [-0.39, 0.29) is 18.7 Å². The van der Waals surface area contributed by atoms with Crippen LogP contribution in [-0.2, 0) is 13.2 Å². The average molecular weight is 474 g/mol. The molecular formula is C27H35N7O. The lowest BCUT2D eigenvalue weighted by Crippen LogP contribution is -2.37. The molecule has 8 nitrogen and oxygen atoms in total. The lowest BCUT2D eigenvalue weighted by atomic mass is 9.88. The predicted molar refractivity (Wildman–Crippen MR) is 138 cm³/mol. The number of aryl methyl sites for hydroxylation is 2. The Kier molecular flexibility index (Phi) is 7.75. The standard InChI is InChI=1S/C27H35N7O/c1-18-7-5-13-30-25(18)23-9-4-10-24(26-19(2)8-6-14-31-26)34(23)16-21-12-11-20(15-22(21)17-35)27(28)32-33(3)29/h5-8,11-15,23-24,35H,4,9-10,16-17,29H2,1-3H3,(H2,28,32)/t23-,24+. The first-order valence-electron chi connectivity index (χ1n) is 12.0. The Hall–Kier alpha value is -3.33. The number of nitrogens with zero attached hydrogens (tertiary/aromatic N) is 5. The van der Waals surface area contributed by atoms with Gasteiger partial charge in [0.2, 0.25) is 0 Å². The van der Waals surface area contributed by atoms with Gasteiger partial charge in [-0.25, -0.2) is 11.0 Å². The molecule has 0 spiro atoms. The molecule has 184 valence electrons. The highest BCUT2D eigenvalue weighted by Crippen LogP contribution is 2.43. The summed E-state index contributed by atoms with van der Waals surface area (Å²) in [6, 6.07) is 14.4. The van der Waals surface area contributed by atoms with Crippen LogP contribution in [0, 0.1) is 13.8 Å². The summed E-state index contributed by atoms with van der Waals surface area (Å²) in [7, 11) is 1.62. The lowest BCUT2D eigenvalue weighted by molar-refractivity contribution is 0.0672. The van der Waals surface area contributed by atoms with Crippen molar-refractivity contribution in [3.05, 3.63) is 94.1 Å². The number of benzene rings is 1. The van der Waals surface area contributed by atoms with Crippen molar-refractivity contribution in [1.82, 2.24) is 20.0 Å². The number of hydrazine groups is 1. The Morgan fingerprint density at radius 1 is 1.03 bits per heavy atom. The van der Waals surface area contributed by atoms with Gasteiger partial charge in [-0.1, -0.05) is 24.3 Å². The van der Waals surface area contributed by atoms with E-state index in [1.807, 2.05) is 42.7 Å². The quantitative estimate of drug-likeness (QED) is 0.208. The van der Waals surface area contributed by atoms with Crippen LogP contribution in [0.1, 0.15) is 70.6 Å². The van der Waals surface area contributed by atoms with Crippen LogP contribution in [-0.4, -0.2) is 38.0 Å². The van der Waals surface area contributed by atoms with Crippen LogP contribution in [0.5, 0.6) is 0 Å². The maximum absolute atomic E-state index is 10.2. The Morgan fingerprint density at radius 2 is 1.63 bits per heavy atom. The number of aromatic nitrogens is 2. The second kappa shape index (κ2) is 10.9. The molecule has 0 radical (unpaired) electrons. The van der Waals surface area contributed by atoms with E-state index in [1.165, 1.54) is 16.2 Å². The van der Waals surface area contributed by atoms with E-state index in [2.05, 4.69) is 36.0 Å². The Balaban J connectivity index is 1.76.